The fourth-order valence-corrected chi connectivity index (χ4v) is 2.35. The third-order valence-corrected chi connectivity index (χ3v) is 3.54. The van der Waals surface area contributed by atoms with Gasteiger partial charge in [-0.05, 0) is 42.8 Å². The minimum atomic E-state index is -0.569. The van der Waals surface area contributed by atoms with Crippen molar-refractivity contribution in [1.29, 1.82) is 0 Å². The Bertz CT molecular complexity index is 506. The van der Waals surface area contributed by atoms with Crippen LogP contribution < -0.4 is 5.73 Å². The number of anilines is 1. The van der Waals surface area contributed by atoms with Gasteiger partial charge in [-0.25, -0.2) is 8.78 Å². The average molecular weight is 251 g/mol. The normalized spacial score (nSPS) is 10.5. The predicted octanol–water partition coefficient (Wildman–Crippen LogP) is 4.01. The molecule has 0 amide bonds. The van der Waals surface area contributed by atoms with Crippen molar-refractivity contribution in [3.63, 3.8) is 0 Å². The monoisotopic (exact) mass is 251 g/mol. The number of aryl methyl sites for hydroxylation is 1. The van der Waals surface area contributed by atoms with Gasteiger partial charge >= 0.3 is 0 Å². The molecule has 1 nitrogen and oxygen atoms in total. The van der Waals surface area contributed by atoms with Crippen LogP contribution in [0.3, 0.4) is 0 Å². The van der Waals surface area contributed by atoms with E-state index >= 15 is 0 Å². The molecular weight excluding hydrogens is 240 g/mol. The second kappa shape index (κ2) is 4.75. The Morgan fingerprint density at radius 3 is 2.35 bits per heavy atom. The zero-order valence-electron chi connectivity index (χ0n) is 9.21. The molecule has 2 aromatic carbocycles. The molecule has 0 bridgehead atoms. The van der Waals surface area contributed by atoms with Crippen LogP contribution in [0.15, 0.2) is 46.2 Å². The molecule has 0 atom stereocenters. The van der Waals surface area contributed by atoms with Crippen LogP contribution >= 0.6 is 11.8 Å². The minimum Gasteiger partial charge on any atom is -0.399 e. The highest BCUT2D eigenvalue weighted by atomic mass is 32.2. The number of benzene rings is 2. The summed E-state index contributed by atoms with van der Waals surface area (Å²) in [5.74, 6) is -1.12. The molecule has 0 saturated heterocycles. The molecule has 0 unspecified atom stereocenters. The van der Waals surface area contributed by atoms with Gasteiger partial charge in [-0.2, -0.15) is 0 Å². The Kier molecular flexibility index (Phi) is 3.33. The third-order valence-electron chi connectivity index (χ3n) is 2.31. The lowest BCUT2D eigenvalue weighted by molar-refractivity contribution is 0.565. The van der Waals surface area contributed by atoms with E-state index in [1.165, 1.54) is 23.9 Å². The maximum atomic E-state index is 13.5. The van der Waals surface area contributed by atoms with E-state index in [4.69, 9.17) is 5.73 Å². The molecular formula is C13H11F2NS. The van der Waals surface area contributed by atoms with E-state index in [0.29, 0.717) is 10.6 Å². The first-order valence-electron chi connectivity index (χ1n) is 5.05. The van der Waals surface area contributed by atoms with Crippen LogP contribution in [0.4, 0.5) is 14.5 Å². The molecule has 4 heteroatoms. The number of hydrogen-bond donors (Lipinski definition) is 1. The number of hydrogen-bond acceptors (Lipinski definition) is 2. The molecule has 0 fully saturated rings. The van der Waals surface area contributed by atoms with Gasteiger partial charge in [0.2, 0.25) is 0 Å². The number of halogens is 2. The Labute approximate surface area is 103 Å². The van der Waals surface area contributed by atoms with E-state index in [1.54, 1.807) is 6.07 Å². The van der Waals surface area contributed by atoms with Gasteiger partial charge in [-0.3, -0.25) is 0 Å². The number of rotatable bonds is 2. The van der Waals surface area contributed by atoms with Crippen molar-refractivity contribution in [1.82, 2.24) is 0 Å². The van der Waals surface area contributed by atoms with Gasteiger partial charge in [0.15, 0.2) is 0 Å². The van der Waals surface area contributed by atoms with Crippen molar-refractivity contribution in [2.24, 2.45) is 0 Å². The Morgan fingerprint density at radius 2 is 1.71 bits per heavy atom. The summed E-state index contributed by atoms with van der Waals surface area (Å²) in [5.41, 5.74) is 7.28. The van der Waals surface area contributed by atoms with Gasteiger partial charge in [0.05, 0.1) is 0 Å². The van der Waals surface area contributed by atoms with Gasteiger partial charge in [0, 0.05) is 21.5 Å². The van der Waals surface area contributed by atoms with Crippen molar-refractivity contribution in [3.8, 4) is 0 Å². The molecule has 2 N–H and O–H groups in total. The molecule has 0 spiro atoms. The van der Waals surface area contributed by atoms with Crippen LogP contribution in [-0.2, 0) is 0 Å². The summed E-state index contributed by atoms with van der Waals surface area (Å²) >= 11 is 1.26. The Morgan fingerprint density at radius 1 is 1.00 bits per heavy atom. The van der Waals surface area contributed by atoms with Gasteiger partial charge in [-0.1, -0.05) is 11.8 Å². The first kappa shape index (κ1) is 11.9. The second-order valence-electron chi connectivity index (χ2n) is 3.70. The standard InChI is InChI=1S/C13H11F2NS/c1-8-6-10(16)3-5-12(8)17-13-4-2-9(14)7-11(13)15/h2-7H,16H2,1H3. The lowest BCUT2D eigenvalue weighted by Gasteiger charge is -2.07. The van der Waals surface area contributed by atoms with Crippen LogP contribution in [0, 0.1) is 18.6 Å². The van der Waals surface area contributed by atoms with E-state index in [-0.39, 0.29) is 0 Å². The smallest absolute Gasteiger partial charge is 0.140 e. The summed E-state index contributed by atoms with van der Waals surface area (Å²) in [5, 5.41) is 0. The average Bonchev–Trinajstić information content (AvgIpc) is 2.25. The zero-order chi connectivity index (χ0) is 12.4. The molecule has 2 aromatic rings. The fraction of sp³-hybridized carbons (Fsp3) is 0.0769. The van der Waals surface area contributed by atoms with E-state index in [9.17, 15) is 8.78 Å². The van der Waals surface area contributed by atoms with Crippen molar-refractivity contribution >= 4 is 17.4 Å². The highest BCUT2D eigenvalue weighted by molar-refractivity contribution is 7.99. The summed E-state index contributed by atoms with van der Waals surface area (Å²) in [4.78, 5) is 1.31. The molecule has 2 rings (SSSR count). The maximum Gasteiger partial charge on any atom is 0.140 e. The molecule has 0 heterocycles. The summed E-state index contributed by atoms with van der Waals surface area (Å²) < 4.78 is 26.2. The lowest BCUT2D eigenvalue weighted by Crippen LogP contribution is -1.88. The molecule has 0 aliphatic rings. The van der Waals surface area contributed by atoms with Crippen LogP contribution in [0.5, 0.6) is 0 Å². The molecule has 0 saturated carbocycles. The van der Waals surface area contributed by atoms with Crippen molar-refractivity contribution in [2.75, 3.05) is 5.73 Å². The second-order valence-corrected chi connectivity index (χ2v) is 4.79. The molecule has 17 heavy (non-hydrogen) atoms. The highest BCUT2D eigenvalue weighted by Gasteiger charge is 2.07. The van der Waals surface area contributed by atoms with E-state index in [2.05, 4.69) is 0 Å². The van der Waals surface area contributed by atoms with Gasteiger partial charge in [0.1, 0.15) is 11.6 Å². The lowest BCUT2D eigenvalue weighted by atomic mass is 10.2. The molecule has 0 aliphatic heterocycles. The minimum absolute atomic E-state index is 0.402. The van der Waals surface area contributed by atoms with Crippen molar-refractivity contribution in [2.45, 2.75) is 16.7 Å². The van der Waals surface area contributed by atoms with Gasteiger partial charge in [0.25, 0.3) is 0 Å². The van der Waals surface area contributed by atoms with E-state index in [1.807, 2.05) is 19.1 Å². The Balaban J connectivity index is 2.31. The summed E-state index contributed by atoms with van der Waals surface area (Å²) in [6, 6.07) is 8.98. The van der Waals surface area contributed by atoms with Crippen LogP contribution in [0.2, 0.25) is 0 Å². The molecule has 0 aromatic heterocycles. The first-order chi connectivity index (χ1) is 8.06. The van der Waals surface area contributed by atoms with E-state index < -0.39 is 11.6 Å². The van der Waals surface area contributed by atoms with Crippen molar-refractivity contribution < 1.29 is 8.78 Å². The number of nitrogen functional groups attached to an aromatic ring is 1. The quantitative estimate of drug-likeness (QED) is 0.816. The van der Waals surface area contributed by atoms with Crippen molar-refractivity contribution in [3.05, 3.63) is 53.6 Å². The zero-order valence-corrected chi connectivity index (χ0v) is 10.0. The first-order valence-corrected chi connectivity index (χ1v) is 5.87. The summed E-state index contributed by atoms with van der Waals surface area (Å²) in [6.07, 6.45) is 0. The summed E-state index contributed by atoms with van der Waals surface area (Å²) in [6.45, 7) is 1.90. The SMILES string of the molecule is Cc1cc(N)ccc1Sc1ccc(F)cc1F. The van der Waals surface area contributed by atoms with Crippen LogP contribution in [0.1, 0.15) is 5.56 Å². The van der Waals surface area contributed by atoms with Gasteiger partial charge in [-0.15, -0.1) is 0 Å². The van der Waals surface area contributed by atoms with Crippen LogP contribution in [0.25, 0.3) is 0 Å². The largest absolute Gasteiger partial charge is 0.399 e. The summed E-state index contributed by atoms with van der Waals surface area (Å²) in [7, 11) is 0. The molecule has 88 valence electrons. The van der Waals surface area contributed by atoms with Gasteiger partial charge < -0.3 is 5.73 Å². The highest BCUT2D eigenvalue weighted by Crippen LogP contribution is 2.32. The maximum absolute atomic E-state index is 13.5. The molecule has 0 radical (unpaired) electrons. The Hall–Kier alpha value is -1.55. The van der Waals surface area contributed by atoms with E-state index in [0.717, 1.165) is 16.5 Å². The third kappa shape index (κ3) is 2.77. The topological polar surface area (TPSA) is 26.0 Å². The van der Waals surface area contributed by atoms with Crippen LogP contribution in [-0.4, -0.2) is 0 Å². The molecule has 0 aliphatic carbocycles. The predicted molar refractivity (Wildman–Crippen MR) is 66.1 cm³/mol. The number of nitrogens with two attached hydrogens (primary N) is 1. The fourth-order valence-electron chi connectivity index (χ4n) is 1.46.